The molecule has 0 aromatic carbocycles. The van der Waals surface area contributed by atoms with E-state index < -0.39 is 0 Å². The molecule has 1 aromatic rings. The summed E-state index contributed by atoms with van der Waals surface area (Å²) in [6, 6.07) is 2.25. The third kappa shape index (κ3) is 4.64. The Morgan fingerprint density at radius 1 is 1.43 bits per heavy atom. The van der Waals surface area contributed by atoms with Crippen LogP contribution in [0.1, 0.15) is 35.3 Å². The minimum absolute atomic E-state index is 0.0612. The van der Waals surface area contributed by atoms with Crippen molar-refractivity contribution in [2.75, 3.05) is 31.6 Å². The highest BCUT2D eigenvalue weighted by Gasteiger charge is 2.21. The number of nitrogens with zero attached hydrogens (tertiary/aromatic N) is 2. The van der Waals surface area contributed by atoms with Crippen LogP contribution in [0.25, 0.3) is 0 Å². The SMILES string of the molecule is C=CCN(CCO)CCC(=O)Nc1sc2c(c1C#N)CCCC2. The van der Waals surface area contributed by atoms with Crippen LogP contribution in [0.15, 0.2) is 12.7 Å². The minimum Gasteiger partial charge on any atom is -0.395 e. The molecular formula is C17H23N3O2S. The number of amides is 1. The molecule has 124 valence electrons. The molecule has 0 fully saturated rings. The lowest BCUT2D eigenvalue weighted by molar-refractivity contribution is -0.116. The predicted octanol–water partition coefficient (Wildman–Crippen LogP) is 2.31. The van der Waals surface area contributed by atoms with Crippen LogP contribution in [-0.4, -0.2) is 42.2 Å². The van der Waals surface area contributed by atoms with Gasteiger partial charge in [0.2, 0.25) is 5.91 Å². The summed E-state index contributed by atoms with van der Waals surface area (Å²) in [5.74, 6) is -0.0906. The Hall–Kier alpha value is -1.68. The van der Waals surface area contributed by atoms with Crippen molar-refractivity contribution in [3.8, 4) is 6.07 Å². The van der Waals surface area contributed by atoms with Crippen molar-refractivity contribution < 1.29 is 9.90 Å². The summed E-state index contributed by atoms with van der Waals surface area (Å²) in [7, 11) is 0. The maximum Gasteiger partial charge on any atom is 0.226 e. The Bertz CT molecular complexity index is 604. The Balaban J connectivity index is 1.96. The fraction of sp³-hybridized carbons (Fsp3) is 0.529. The molecule has 0 atom stereocenters. The Kier molecular flexibility index (Phi) is 6.78. The van der Waals surface area contributed by atoms with E-state index in [1.54, 1.807) is 17.4 Å². The number of anilines is 1. The summed E-state index contributed by atoms with van der Waals surface area (Å²) in [6.07, 6.45) is 6.31. The van der Waals surface area contributed by atoms with Crippen LogP contribution in [-0.2, 0) is 17.6 Å². The summed E-state index contributed by atoms with van der Waals surface area (Å²) in [4.78, 5) is 15.4. The number of nitriles is 1. The Morgan fingerprint density at radius 2 is 2.22 bits per heavy atom. The molecule has 2 N–H and O–H groups in total. The van der Waals surface area contributed by atoms with Crippen LogP contribution in [0.5, 0.6) is 0 Å². The lowest BCUT2D eigenvalue weighted by atomic mass is 9.96. The first-order valence-corrected chi connectivity index (χ1v) is 8.79. The number of thiophene rings is 1. The van der Waals surface area contributed by atoms with Gasteiger partial charge in [0, 0.05) is 30.9 Å². The standard InChI is InChI=1S/C17H23N3O2S/c1-2-8-20(10-11-21)9-7-16(22)19-17-14(12-18)13-5-3-4-6-15(13)23-17/h2,21H,1,3-11H2,(H,19,22). The topological polar surface area (TPSA) is 76.4 Å². The van der Waals surface area contributed by atoms with E-state index in [1.807, 2.05) is 4.90 Å². The average Bonchev–Trinajstić information content (AvgIpc) is 2.90. The number of aryl methyl sites for hydroxylation is 1. The van der Waals surface area contributed by atoms with Gasteiger partial charge in [-0.25, -0.2) is 0 Å². The van der Waals surface area contributed by atoms with Crippen LogP contribution >= 0.6 is 11.3 Å². The molecular weight excluding hydrogens is 310 g/mol. The number of carbonyl (C=O) groups excluding carboxylic acids is 1. The van der Waals surface area contributed by atoms with E-state index in [1.165, 1.54) is 4.88 Å². The van der Waals surface area contributed by atoms with Gasteiger partial charge in [-0.15, -0.1) is 17.9 Å². The van der Waals surface area contributed by atoms with Crippen LogP contribution in [0.3, 0.4) is 0 Å². The number of fused-ring (bicyclic) bond motifs is 1. The van der Waals surface area contributed by atoms with E-state index >= 15 is 0 Å². The van der Waals surface area contributed by atoms with Crippen molar-refractivity contribution in [3.63, 3.8) is 0 Å². The number of aliphatic hydroxyl groups excluding tert-OH is 1. The van der Waals surface area contributed by atoms with Crippen molar-refractivity contribution >= 4 is 22.2 Å². The minimum atomic E-state index is -0.0906. The van der Waals surface area contributed by atoms with Crippen molar-refractivity contribution in [1.29, 1.82) is 5.26 Å². The van der Waals surface area contributed by atoms with Crippen LogP contribution < -0.4 is 5.32 Å². The number of nitrogens with one attached hydrogen (secondary N) is 1. The van der Waals surface area contributed by atoms with Crippen molar-refractivity contribution in [2.24, 2.45) is 0 Å². The van der Waals surface area contributed by atoms with Crippen LogP contribution in [0.4, 0.5) is 5.00 Å². The molecule has 1 amide bonds. The lowest BCUT2D eigenvalue weighted by Crippen LogP contribution is -2.30. The quantitative estimate of drug-likeness (QED) is 0.716. The highest BCUT2D eigenvalue weighted by molar-refractivity contribution is 7.16. The molecule has 0 saturated heterocycles. The second-order valence-corrected chi connectivity index (χ2v) is 6.74. The van der Waals surface area contributed by atoms with E-state index in [0.717, 1.165) is 31.2 Å². The van der Waals surface area contributed by atoms with Gasteiger partial charge in [0.25, 0.3) is 0 Å². The smallest absolute Gasteiger partial charge is 0.226 e. The van der Waals surface area contributed by atoms with Gasteiger partial charge in [0.05, 0.1) is 12.2 Å². The first kappa shape index (κ1) is 17.7. The van der Waals surface area contributed by atoms with E-state index in [0.29, 0.717) is 36.6 Å². The second-order valence-electron chi connectivity index (χ2n) is 5.64. The average molecular weight is 333 g/mol. The van der Waals surface area contributed by atoms with Crippen LogP contribution in [0.2, 0.25) is 0 Å². The van der Waals surface area contributed by atoms with Gasteiger partial charge < -0.3 is 10.4 Å². The lowest BCUT2D eigenvalue weighted by Gasteiger charge is -2.18. The Labute approximate surface area is 141 Å². The van der Waals surface area contributed by atoms with Crippen molar-refractivity contribution in [1.82, 2.24) is 4.90 Å². The van der Waals surface area contributed by atoms with E-state index in [2.05, 4.69) is 18.0 Å². The number of rotatable bonds is 8. The zero-order valence-corrected chi connectivity index (χ0v) is 14.1. The molecule has 23 heavy (non-hydrogen) atoms. The fourth-order valence-corrected chi connectivity index (χ4v) is 4.10. The summed E-state index contributed by atoms with van der Waals surface area (Å²) in [5.41, 5.74) is 1.78. The van der Waals surface area contributed by atoms with Gasteiger partial charge in [0.1, 0.15) is 11.1 Å². The van der Waals surface area contributed by atoms with Gasteiger partial charge >= 0.3 is 0 Å². The summed E-state index contributed by atoms with van der Waals surface area (Å²) in [5, 5.41) is 22.0. The zero-order valence-electron chi connectivity index (χ0n) is 13.3. The molecule has 0 aliphatic heterocycles. The molecule has 1 aliphatic rings. The summed E-state index contributed by atoms with van der Waals surface area (Å²) in [6.45, 7) is 5.47. The third-order valence-corrected chi connectivity index (χ3v) is 5.20. The van der Waals surface area contributed by atoms with Gasteiger partial charge in [-0.2, -0.15) is 5.26 Å². The van der Waals surface area contributed by atoms with E-state index in [-0.39, 0.29) is 12.5 Å². The molecule has 2 rings (SSSR count). The molecule has 1 heterocycles. The highest BCUT2D eigenvalue weighted by atomic mass is 32.1. The normalized spacial score (nSPS) is 13.4. The molecule has 0 bridgehead atoms. The van der Waals surface area contributed by atoms with Crippen LogP contribution in [0, 0.1) is 11.3 Å². The van der Waals surface area contributed by atoms with Crippen molar-refractivity contribution in [2.45, 2.75) is 32.1 Å². The van der Waals surface area contributed by atoms with Gasteiger partial charge in [-0.3, -0.25) is 9.69 Å². The number of aliphatic hydroxyl groups is 1. The molecule has 0 spiro atoms. The Morgan fingerprint density at radius 3 is 2.91 bits per heavy atom. The molecule has 5 nitrogen and oxygen atoms in total. The monoisotopic (exact) mass is 333 g/mol. The molecule has 0 saturated carbocycles. The molecule has 0 unspecified atom stereocenters. The van der Waals surface area contributed by atoms with Gasteiger partial charge in [0.15, 0.2) is 0 Å². The largest absolute Gasteiger partial charge is 0.395 e. The molecule has 6 heteroatoms. The molecule has 0 radical (unpaired) electrons. The number of carbonyl (C=O) groups is 1. The maximum absolute atomic E-state index is 12.2. The van der Waals surface area contributed by atoms with Gasteiger partial charge in [-0.05, 0) is 31.2 Å². The maximum atomic E-state index is 12.2. The van der Waals surface area contributed by atoms with E-state index in [9.17, 15) is 10.1 Å². The second kappa shape index (κ2) is 8.82. The highest BCUT2D eigenvalue weighted by Crippen LogP contribution is 2.37. The predicted molar refractivity (Wildman–Crippen MR) is 92.6 cm³/mol. The first-order chi connectivity index (χ1) is 11.2. The van der Waals surface area contributed by atoms with Gasteiger partial charge in [-0.1, -0.05) is 6.08 Å². The zero-order chi connectivity index (χ0) is 16.7. The molecule has 1 aromatic heterocycles. The number of hydrogen-bond donors (Lipinski definition) is 2. The van der Waals surface area contributed by atoms with E-state index in [4.69, 9.17) is 5.11 Å². The molecule has 1 aliphatic carbocycles. The number of hydrogen-bond acceptors (Lipinski definition) is 5. The fourth-order valence-electron chi connectivity index (χ4n) is 2.84. The van der Waals surface area contributed by atoms with Crippen molar-refractivity contribution in [3.05, 3.63) is 28.7 Å². The first-order valence-electron chi connectivity index (χ1n) is 7.98. The summed E-state index contributed by atoms with van der Waals surface area (Å²) >= 11 is 1.55. The summed E-state index contributed by atoms with van der Waals surface area (Å²) < 4.78 is 0. The third-order valence-electron chi connectivity index (χ3n) is 3.99.